The van der Waals surface area contributed by atoms with Gasteiger partial charge in [-0.25, -0.2) is 4.79 Å². The molecule has 0 amide bonds. The van der Waals surface area contributed by atoms with Crippen LogP contribution in [0.3, 0.4) is 0 Å². The summed E-state index contributed by atoms with van der Waals surface area (Å²) in [6.07, 6.45) is 5.29. The number of hydrogen-bond acceptors (Lipinski definition) is 4. The van der Waals surface area contributed by atoms with Crippen molar-refractivity contribution in [1.82, 2.24) is 0 Å². The first-order valence-electron chi connectivity index (χ1n) is 5.44. The minimum absolute atomic E-state index is 0.206. The molecule has 0 heterocycles. The Morgan fingerprint density at radius 1 is 1.47 bits per heavy atom. The molecule has 0 radical (unpaired) electrons. The van der Waals surface area contributed by atoms with Gasteiger partial charge in [0.25, 0.3) is 0 Å². The number of hydrogen-bond donors (Lipinski definition) is 0. The highest BCUT2D eigenvalue weighted by Crippen LogP contribution is 2.30. The summed E-state index contributed by atoms with van der Waals surface area (Å²) >= 11 is 4.07. The quantitative estimate of drug-likeness (QED) is 0.284. The maximum atomic E-state index is 10.9. The largest absolute Gasteiger partial charge is 0.466 e. The van der Waals surface area contributed by atoms with E-state index in [-0.39, 0.29) is 15.4 Å². The fourth-order valence-electron chi connectivity index (χ4n) is 1.15. The van der Waals surface area contributed by atoms with E-state index in [1.165, 1.54) is 13.2 Å². The molecule has 6 heteroatoms. The average molecular weight is 370 g/mol. The number of esters is 1. The molecular weight excluding hydrogens is 350 g/mol. The number of rotatable bonds is 8. The average Bonchev–Trinajstić information content (AvgIpc) is 2.31. The first kappa shape index (κ1) is 17.3. The first-order chi connectivity index (χ1) is 7.91. The zero-order valence-corrected chi connectivity index (χ0v) is 13.8. The number of allylic oxidation sites excluding steroid dienone is 1. The van der Waals surface area contributed by atoms with Gasteiger partial charge in [0, 0.05) is 13.2 Å². The van der Waals surface area contributed by atoms with Crippen LogP contribution in [0.5, 0.6) is 0 Å². The predicted molar refractivity (Wildman–Crippen MR) is 83.4 cm³/mol. The summed E-state index contributed by atoms with van der Waals surface area (Å²) in [4.78, 5) is 10.9. The van der Waals surface area contributed by atoms with Crippen LogP contribution >= 0.6 is 34.0 Å². The van der Waals surface area contributed by atoms with Crippen LogP contribution in [0.2, 0.25) is 0 Å². The maximum absolute atomic E-state index is 10.9. The molecule has 0 bridgehead atoms. The van der Waals surface area contributed by atoms with E-state index in [0.29, 0.717) is 0 Å². The Kier molecular flexibility index (Phi) is 9.44. The Labute approximate surface area is 122 Å². The van der Waals surface area contributed by atoms with E-state index in [0.717, 1.165) is 18.6 Å². The van der Waals surface area contributed by atoms with Crippen molar-refractivity contribution < 1.29 is 14.2 Å². The van der Waals surface area contributed by atoms with Gasteiger partial charge in [0.05, 0.1) is 7.11 Å². The zero-order chi connectivity index (χ0) is 13.3. The first-order valence-corrected chi connectivity index (χ1v) is 7.73. The van der Waals surface area contributed by atoms with Gasteiger partial charge in [0.1, 0.15) is 0 Å². The third-order valence-corrected chi connectivity index (χ3v) is 5.22. The molecule has 0 aromatic heterocycles. The van der Waals surface area contributed by atoms with Gasteiger partial charge in [-0.05, 0) is 24.0 Å². The van der Waals surface area contributed by atoms with Crippen LogP contribution in [0.15, 0.2) is 12.2 Å². The summed E-state index contributed by atoms with van der Waals surface area (Å²) in [5, 5.41) is 0. The van der Waals surface area contributed by atoms with Crippen molar-refractivity contribution in [3.05, 3.63) is 12.2 Å². The van der Waals surface area contributed by atoms with Crippen LogP contribution in [-0.2, 0) is 14.2 Å². The lowest BCUT2D eigenvalue weighted by molar-refractivity contribution is -0.134. The monoisotopic (exact) mass is 370 g/mol. The predicted octanol–water partition coefficient (Wildman–Crippen LogP) is 3.32. The normalized spacial score (nSPS) is 11.8. The molecule has 0 saturated heterocycles. The molecule has 0 fully saturated rings. The van der Waals surface area contributed by atoms with Crippen molar-refractivity contribution in [2.45, 2.75) is 26.7 Å². The fraction of sp³-hybridized carbons (Fsp3) is 0.727. The lowest BCUT2D eigenvalue weighted by Crippen LogP contribution is -2.17. The van der Waals surface area contributed by atoms with Gasteiger partial charge < -0.3 is 9.39 Å². The second-order valence-electron chi connectivity index (χ2n) is 4.45. The topological polar surface area (TPSA) is 35.5 Å². The highest BCUT2D eigenvalue weighted by molar-refractivity contribution is 14.1. The van der Waals surface area contributed by atoms with Gasteiger partial charge in [-0.2, -0.15) is 11.6 Å². The Balaban J connectivity index is 3.85. The minimum atomic E-state index is -0.288. The van der Waals surface area contributed by atoms with Gasteiger partial charge in [0.2, 0.25) is 0 Å². The van der Waals surface area contributed by atoms with Crippen LogP contribution < -0.4 is 0 Å². The summed E-state index contributed by atoms with van der Waals surface area (Å²) in [7, 11) is 3.11. The van der Waals surface area contributed by atoms with Crippen LogP contribution in [0.25, 0.3) is 0 Å². The summed E-state index contributed by atoms with van der Waals surface area (Å²) in [5.74, 6) is 0.754. The fourth-order valence-corrected chi connectivity index (χ4v) is 2.56. The van der Waals surface area contributed by atoms with E-state index in [1.807, 2.05) is 6.08 Å². The molecule has 0 aromatic rings. The van der Waals surface area contributed by atoms with Crippen LogP contribution in [0, 0.1) is 5.41 Å². The Hall–Kier alpha value is 0.315. The standard InChI is InChI=1S/C11H20BIO3S/c1-11(2,9-17-12(13)16-4)8-6-5-7-10(14)15-3/h5,7H,6,8-9H2,1-4H3/b7-5+. The molecule has 0 N–H and O–H groups in total. The number of halogens is 1. The molecule has 17 heavy (non-hydrogen) atoms. The van der Waals surface area contributed by atoms with Crippen LogP contribution in [0.1, 0.15) is 26.7 Å². The van der Waals surface area contributed by atoms with Crippen molar-refractivity contribution in [3.63, 3.8) is 0 Å². The van der Waals surface area contributed by atoms with E-state index < -0.39 is 0 Å². The summed E-state index contributed by atoms with van der Waals surface area (Å²) < 4.78 is 9.93. The molecule has 0 aliphatic heterocycles. The third kappa shape index (κ3) is 9.97. The molecule has 3 nitrogen and oxygen atoms in total. The van der Waals surface area contributed by atoms with Crippen molar-refractivity contribution in [3.8, 4) is 0 Å². The molecule has 0 aliphatic rings. The molecule has 0 aliphatic carbocycles. The number of carbonyl (C=O) groups is 1. The molecule has 0 spiro atoms. The number of carbonyl (C=O) groups excluding carboxylic acids is 1. The van der Waals surface area contributed by atoms with Crippen LogP contribution in [-0.4, -0.2) is 30.0 Å². The summed E-state index contributed by atoms with van der Waals surface area (Å²) in [6.45, 7) is 4.45. The minimum Gasteiger partial charge on any atom is -0.466 e. The SMILES string of the molecule is COB(I)SCC(C)(C)CC/C=C/C(=O)OC. The molecule has 0 unspecified atom stereocenters. The molecule has 0 aromatic carbocycles. The highest BCUT2D eigenvalue weighted by atomic mass is 127. The van der Waals surface area contributed by atoms with E-state index >= 15 is 0 Å². The van der Waals surface area contributed by atoms with Gasteiger partial charge in [-0.1, -0.05) is 42.3 Å². The number of ether oxygens (including phenoxy) is 1. The van der Waals surface area contributed by atoms with E-state index in [9.17, 15) is 4.79 Å². The second kappa shape index (κ2) is 9.27. The molecule has 0 rings (SSSR count). The Bertz CT molecular complexity index is 259. The highest BCUT2D eigenvalue weighted by Gasteiger charge is 2.20. The summed E-state index contributed by atoms with van der Waals surface area (Å²) in [5.41, 5.74) is 0.243. The number of methoxy groups -OCH3 is 1. The maximum Gasteiger partial charge on any atom is 0.434 e. The zero-order valence-electron chi connectivity index (χ0n) is 10.9. The van der Waals surface area contributed by atoms with Crippen molar-refractivity contribution >= 4 is 44.0 Å². The summed E-state index contributed by atoms with van der Waals surface area (Å²) in [6, 6.07) is 0. The van der Waals surface area contributed by atoms with E-state index in [2.05, 4.69) is 41.0 Å². The van der Waals surface area contributed by atoms with Gasteiger partial charge >= 0.3 is 10.0 Å². The lowest BCUT2D eigenvalue weighted by atomic mass is 9.90. The Morgan fingerprint density at radius 2 is 2.12 bits per heavy atom. The van der Waals surface area contributed by atoms with Gasteiger partial charge in [-0.15, -0.1) is 0 Å². The molecule has 0 atom stereocenters. The smallest absolute Gasteiger partial charge is 0.434 e. The van der Waals surface area contributed by atoms with E-state index in [4.69, 9.17) is 4.65 Å². The molecular formula is C11H20BIO3S. The van der Waals surface area contributed by atoms with Gasteiger partial charge in [0.15, 0.2) is 0 Å². The van der Waals surface area contributed by atoms with Crippen molar-refractivity contribution in [2.75, 3.05) is 20.0 Å². The molecule has 98 valence electrons. The third-order valence-electron chi connectivity index (χ3n) is 2.23. The van der Waals surface area contributed by atoms with E-state index in [1.54, 1.807) is 18.7 Å². The lowest BCUT2D eigenvalue weighted by Gasteiger charge is -2.23. The van der Waals surface area contributed by atoms with Crippen molar-refractivity contribution in [2.24, 2.45) is 5.41 Å². The van der Waals surface area contributed by atoms with Crippen molar-refractivity contribution in [1.29, 1.82) is 0 Å². The van der Waals surface area contributed by atoms with Gasteiger partial charge in [-0.3, -0.25) is 0 Å². The Morgan fingerprint density at radius 3 is 2.65 bits per heavy atom. The second-order valence-corrected chi connectivity index (χ2v) is 7.48. The van der Waals surface area contributed by atoms with Crippen LogP contribution in [0.4, 0.5) is 0 Å². The molecule has 0 saturated carbocycles.